The van der Waals surface area contributed by atoms with Gasteiger partial charge in [0.15, 0.2) is 18.9 Å². The molecule has 0 radical (unpaired) electrons. The van der Waals surface area contributed by atoms with E-state index in [1.165, 1.54) is 6.92 Å². The van der Waals surface area contributed by atoms with E-state index in [4.69, 9.17) is 23.7 Å². The maximum atomic E-state index is 10.2. The zero-order valence-corrected chi connectivity index (χ0v) is 17.6. The van der Waals surface area contributed by atoms with E-state index < -0.39 is 105 Å². The summed E-state index contributed by atoms with van der Waals surface area (Å²) in [6.07, 6.45) is -23.6. The Morgan fingerprint density at radius 2 is 1.21 bits per heavy atom. The Hall–Kier alpha value is -0.600. The highest BCUT2D eigenvalue weighted by Gasteiger charge is 2.51. The van der Waals surface area contributed by atoms with Crippen molar-refractivity contribution >= 4 is 0 Å². The predicted molar refractivity (Wildman–Crippen MR) is 99.8 cm³/mol. The third kappa shape index (κ3) is 5.48. The van der Waals surface area contributed by atoms with Crippen molar-refractivity contribution in [2.24, 2.45) is 0 Å². The Morgan fingerprint density at radius 3 is 1.85 bits per heavy atom. The fourth-order valence-corrected chi connectivity index (χ4v) is 3.89. The van der Waals surface area contributed by atoms with Crippen molar-refractivity contribution in [2.45, 2.75) is 99.0 Å². The molecule has 3 heterocycles. The minimum atomic E-state index is -1.85. The van der Waals surface area contributed by atoms with Gasteiger partial charge in [-0.25, -0.2) is 0 Å². The first-order valence-electron chi connectivity index (χ1n) is 10.4. The average Bonchev–Trinajstić information content (AvgIpc) is 2.79. The van der Waals surface area contributed by atoms with Crippen molar-refractivity contribution in [3.63, 3.8) is 0 Å². The van der Waals surface area contributed by atoms with Crippen LogP contribution in [0.4, 0.5) is 0 Å². The quantitative estimate of drug-likeness (QED) is 0.167. The average molecular weight is 488 g/mol. The monoisotopic (exact) mass is 488 g/mol. The lowest BCUT2D eigenvalue weighted by Crippen LogP contribution is -2.65. The van der Waals surface area contributed by atoms with Crippen molar-refractivity contribution in [3.05, 3.63) is 0 Å². The Balaban J connectivity index is 1.66. The molecular formula is C18H32O15. The molecule has 0 aromatic heterocycles. The Kier molecular flexibility index (Phi) is 8.99. The summed E-state index contributed by atoms with van der Waals surface area (Å²) in [5, 5.41) is 99.7. The molecule has 10 N–H and O–H groups in total. The lowest BCUT2D eigenvalue weighted by atomic mass is 9.97. The molecule has 3 fully saturated rings. The van der Waals surface area contributed by atoms with Crippen molar-refractivity contribution < 1.29 is 74.7 Å². The molecule has 3 aliphatic heterocycles. The van der Waals surface area contributed by atoms with E-state index >= 15 is 0 Å². The fourth-order valence-electron chi connectivity index (χ4n) is 3.89. The summed E-state index contributed by atoms with van der Waals surface area (Å²) in [6.45, 7) is 0.173. The van der Waals surface area contributed by atoms with Gasteiger partial charge in [0.25, 0.3) is 0 Å². The Labute approximate surface area is 187 Å². The van der Waals surface area contributed by atoms with Gasteiger partial charge in [-0.3, -0.25) is 0 Å². The largest absolute Gasteiger partial charge is 0.394 e. The summed E-state index contributed by atoms with van der Waals surface area (Å²) in [7, 11) is 0. The molecule has 3 aliphatic rings. The molecule has 15 atom stereocenters. The van der Waals surface area contributed by atoms with Crippen LogP contribution in [0, 0.1) is 0 Å². The third-order valence-corrected chi connectivity index (χ3v) is 6.03. The molecule has 0 bridgehead atoms. The fraction of sp³-hybridized carbons (Fsp3) is 1.00. The second-order valence-corrected chi connectivity index (χ2v) is 8.36. The highest BCUT2D eigenvalue weighted by atomic mass is 16.7. The van der Waals surface area contributed by atoms with Gasteiger partial charge >= 0.3 is 0 Å². The number of hydrogen-bond donors (Lipinski definition) is 10. The zero-order chi connectivity index (χ0) is 24.6. The van der Waals surface area contributed by atoms with Gasteiger partial charge in [0.1, 0.15) is 67.1 Å². The van der Waals surface area contributed by atoms with Crippen LogP contribution >= 0.6 is 0 Å². The second kappa shape index (κ2) is 11.0. The molecule has 0 aliphatic carbocycles. The van der Waals surface area contributed by atoms with Crippen molar-refractivity contribution in [3.8, 4) is 0 Å². The van der Waals surface area contributed by atoms with Gasteiger partial charge in [0, 0.05) is 0 Å². The molecule has 15 heteroatoms. The first kappa shape index (κ1) is 27.0. The first-order valence-corrected chi connectivity index (χ1v) is 10.4. The smallest absolute Gasteiger partial charge is 0.187 e. The van der Waals surface area contributed by atoms with Gasteiger partial charge in [-0.15, -0.1) is 0 Å². The topological polar surface area (TPSA) is 248 Å². The van der Waals surface area contributed by atoms with Gasteiger partial charge in [-0.2, -0.15) is 0 Å². The third-order valence-electron chi connectivity index (χ3n) is 6.03. The molecule has 3 saturated heterocycles. The van der Waals surface area contributed by atoms with Crippen molar-refractivity contribution in [1.29, 1.82) is 0 Å². The molecule has 33 heavy (non-hydrogen) atoms. The normalized spacial score (nSPS) is 53.7. The maximum absolute atomic E-state index is 10.2. The first-order chi connectivity index (χ1) is 15.5. The molecule has 3 unspecified atom stereocenters. The van der Waals surface area contributed by atoms with E-state index in [0.717, 1.165) is 0 Å². The SMILES string of the molecule is C[C@@H]1OC(OC[C@H]2OC(O[C@H]3[C@H](O)[C@@H](CO)OC(O)[C@@H]3O)[C@H](O)[C@@H](O)[C@H]2O)[C@@H](O)[C@H](O)[C@@H]1O. The Bertz CT molecular complexity index is 626. The maximum Gasteiger partial charge on any atom is 0.187 e. The van der Waals surface area contributed by atoms with Crippen LogP contribution in [0.25, 0.3) is 0 Å². The standard InChI is InChI=1S/C18H32O15/c1-4-7(20)10(23)12(25)17(30-4)29-3-6-8(21)11(24)13(26)18(32-6)33-15-9(22)5(2-19)31-16(28)14(15)27/h4-28H,2-3H2,1H3/t4-,5+,6+,7+,8-,9+,10+,11-,12-,13+,14+,15-,16?,17?,18?/m0/s1. The van der Waals surface area contributed by atoms with E-state index in [9.17, 15) is 51.1 Å². The molecule has 0 amide bonds. The van der Waals surface area contributed by atoms with E-state index in [0.29, 0.717) is 0 Å². The van der Waals surface area contributed by atoms with E-state index in [1.54, 1.807) is 0 Å². The number of ether oxygens (including phenoxy) is 5. The molecule has 0 saturated carbocycles. The van der Waals surface area contributed by atoms with Crippen LogP contribution in [0.1, 0.15) is 6.92 Å². The number of hydrogen-bond acceptors (Lipinski definition) is 15. The molecule has 15 nitrogen and oxygen atoms in total. The molecule has 0 spiro atoms. The lowest BCUT2D eigenvalue weighted by molar-refractivity contribution is -0.362. The summed E-state index contributed by atoms with van der Waals surface area (Å²) < 4.78 is 26.3. The van der Waals surface area contributed by atoms with Crippen molar-refractivity contribution in [2.75, 3.05) is 13.2 Å². The lowest BCUT2D eigenvalue weighted by Gasteiger charge is -2.45. The van der Waals surface area contributed by atoms with Crippen LogP contribution in [0.3, 0.4) is 0 Å². The summed E-state index contributed by atoms with van der Waals surface area (Å²) in [6, 6.07) is 0. The minimum Gasteiger partial charge on any atom is -0.394 e. The summed E-state index contributed by atoms with van der Waals surface area (Å²) in [5.74, 6) is 0. The predicted octanol–water partition coefficient (Wildman–Crippen LogP) is -6.55. The zero-order valence-electron chi connectivity index (χ0n) is 17.6. The summed E-state index contributed by atoms with van der Waals surface area (Å²) in [5.41, 5.74) is 0. The van der Waals surface area contributed by atoms with Crippen LogP contribution < -0.4 is 0 Å². The number of aliphatic hydroxyl groups excluding tert-OH is 10. The van der Waals surface area contributed by atoms with Crippen LogP contribution in [0.2, 0.25) is 0 Å². The number of rotatable bonds is 6. The van der Waals surface area contributed by atoms with Gasteiger partial charge < -0.3 is 74.7 Å². The minimum absolute atomic E-state index is 0.539. The van der Waals surface area contributed by atoms with Crippen LogP contribution in [0.5, 0.6) is 0 Å². The second-order valence-electron chi connectivity index (χ2n) is 8.36. The highest BCUT2D eigenvalue weighted by Crippen LogP contribution is 2.29. The summed E-state index contributed by atoms with van der Waals surface area (Å²) >= 11 is 0. The molecular weight excluding hydrogens is 456 g/mol. The van der Waals surface area contributed by atoms with Crippen molar-refractivity contribution in [1.82, 2.24) is 0 Å². The number of aliphatic hydroxyl groups is 10. The molecule has 194 valence electrons. The summed E-state index contributed by atoms with van der Waals surface area (Å²) in [4.78, 5) is 0. The van der Waals surface area contributed by atoms with Crippen LogP contribution in [-0.2, 0) is 23.7 Å². The van der Waals surface area contributed by atoms with Gasteiger partial charge in [0.2, 0.25) is 0 Å². The van der Waals surface area contributed by atoms with E-state index in [1.807, 2.05) is 0 Å². The molecule has 0 aromatic carbocycles. The van der Waals surface area contributed by atoms with Gasteiger partial charge in [-0.05, 0) is 6.92 Å². The van der Waals surface area contributed by atoms with Gasteiger partial charge in [0.05, 0.1) is 19.3 Å². The highest BCUT2D eigenvalue weighted by molar-refractivity contribution is 4.94. The van der Waals surface area contributed by atoms with Crippen LogP contribution in [-0.4, -0.2) is 156 Å². The van der Waals surface area contributed by atoms with Gasteiger partial charge in [-0.1, -0.05) is 0 Å². The molecule has 3 rings (SSSR count). The molecule has 0 aromatic rings. The Morgan fingerprint density at radius 1 is 0.606 bits per heavy atom. The van der Waals surface area contributed by atoms with Crippen LogP contribution in [0.15, 0.2) is 0 Å². The van der Waals surface area contributed by atoms with E-state index in [-0.39, 0.29) is 0 Å². The van der Waals surface area contributed by atoms with E-state index in [2.05, 4.69) is 0 Å².